The molecule has 0 unspecified atom stereocenters. The van der Waals surface area contributed by atoms with Gasteiger partial charge >= 0.3 is 0 Å². The molecule has 1 amide bonds. The zero-order valence-corrected chi connectivity index (χ0v) is 14.7. The van der Waals surface area contributed by atoms with E-state index < -0.39 is 0 Å². The summed E-state index contributed by atoms with van der Waals surface area (Å²) in [6.07, 6.45) is 1.50. The maximum Gasteiger partial charge on any atom is 0.259 e. The Balaban J connectivity index is 1.87. The molecule has 3 N–H and O–H groups in total. The number of carbonyl (C=O) groups is 1. The number of anilines is 1. The van der Waals surface area contributed by atoms with Gasteiger partial charge in [-0.2, -0.15) is 5.10 Å². The Kier molecular flexibility index (Phi) is 6.39. The molecule has 2 aromatic carbocycles. The molecule has 132 valence electrons. The Morgan fingerprint density at radius 3 is 2.76 bits per heavy atom. The van der Waals surface area contributed by atoms with Gasteiger partial charge in [0.1, 0.15) is 0 Å². The van der Waals surface area contributed by atoms with E-state index in [-0.39, 0.29) is 18.2 Å². The minimum Gasteiger partial charge on any atom is -0.504 e. The Labute approximate surface area is 147 Å². The topological polar surface area (TPSA) is 83.0 Å². The SMILES string of the molecule is CCOc1cc(C=NNC(=O)CNc2ccc(C)cc2C)ccc1O. The fourth-order valence-corrected chi connectivity index (χ4v) is 2.29. The van der Waals surface area contributed by atoms with Crippen LogP contribution in [0.3, 0.4) is 0 Å². The summed E-state index contributed by atoms with van der Waals surface area (Å²) in [4.78, 5) is 11.9. The second-order valence-corrected chi connectivity index (χ2v) is 5.63. The van der Waals surface area contributed by atoms with Crippen LogP contribution in [0.15, 0.2) is 41.5 Å². The van der Waals surface area contributed by atoms with Crippen LogP contribution in [-0.2, 0) is 4.79 Å². The molecule has 2 rings (SSSR count). The van der Waals surface area contributed by atoms with Gasteiger partial charge in [0, 0.05) is 5.69 Å². The Morgan fingerprint density at radius 1 is 1.24 bits per heavy atom. The van der Waals surface area contributed by atoms with Crippen molar-refractivity contribution in [1.82, 2.24) is 5.43 Å². The van der Waals surface area contributed by atoms with E-state index in [9.17, 15) is 9.90 Å². The lowest BCUT2D eigenvalue weighted by Crippen LogP contribution is -2.26. The molecule has 0 saturated carbocycles. The van der Waals surface area contributed by atoms with Crippen LogP contribution in [0.4, 0.5) is 5.69 Å². The van der Waals surface area contributed by atoms with Gasteiger partial charge < -0.3 is 15.2 Å². The molecular formula is C19H23N3O3. The number of benzene rings is 2. The van der Waals surface area contributed by atoms with Crippen LogP contribution >= 0.6 is 0 Å². The molecule has 0 aliphatic rings. The van der Waals surface area contributed by atoms with Crippen LogP contribution in [0.2, 0.25) is 0 Å². The largest absolute Gasteiger partial charge is 0.504 e. The number of aryl methyl sites for hydroxylation is 2. The molecule has 2 aromatic rings. The normalized spacial score (nSPS) is 10.7. The molecule has 6 nitrogen and oxygen atoms in total. The van der Waals surface area contributed by atoms with E-state index in [0.29, 0.717) is 17.9 Å². The highest BCUT2D eigenvalue weighted by molar-refractivity contribution is 5.85. The maximum absolute atomic E-state index is 11.9. The summed E-state index contributed by atoms with van der Waals surface area (Å²) >= 11 is 0. The number of phenolic OH excluding ortho intramolecular Hbond substituents is 1. The molecule has 0 fully saturated rings. The van der Waals surface area contributed by atoms with Crippen molar-refractivity contribution in [2.24, 2.45) is 5.10 Å². The molecule has 0 aliphatic carbocycles. The van der Waals surface area contributed by atoms with Crippen molar-refractivity contribution in [1.29, 1.82) is 0 Å². The number of nitrogens with one attached hydrogen (secondary N) is 2. The molecule has 25 heavy (non-hydrogen) atoms. The highest BCUT2D eigenvalue weighted by atomic mass is 16.5. The van der Waals surface area contributed by atoms with E-state index in [0.717, 1.165) is 11.3 Å². The molecule has 6 heteroatoms. The number of hydrogen-bond donors (Lipinski definition) is 3. The first-order valence-corrected chi connectivity index (χ1v) is 8.08. The molecule has 0 spiro atoms. The van der Waals surface area contributed by atoms with Gasteiger partial charge in [0.15, 0.2) is 11.5 Å². The number of hydrogen-bond acceptors (Lipinski definition) is 5. The zero-order valence-electron chi connectivity index (χ0n) is 14.7. The molecular weight excluding hydrogens is 318 g/mol. The number of rotatable bonds is 7. The van der Waals surface area contributed by atoms with E-state index in [1.54, 1.807) is 12.1 Å². The van der Waals surface area contributed by atoms with Gasteiger partial charge in [-0.05, 0) is 56.2 Å². The number of hydrazone groups is 1. The van der Waals surface area contributed by atoms with E-state index in [2.05, 4.69) is 21.9 Å². The fourth-order valence-electron chi connectivity index (χ4n) is 2.29. The van der Waals surface area contributed by atoms with Crippen molar-refractivity contribution < 1.29 is 14.6 Å². The monoisotopic (exact) mass is 341 g/mol. The number of ether oxygens (including phenoxy) is 1. The van der Waals surface area contributed by atoms with E-state index in [4.69, 9.17) is 4.74 Å². The van der Waals surface area contributed by atoms with Gasteiger partial charge in [-0.15, -0.1) is 0 Å². The van der Waals surface area contributed by atoms with Crippen LogP contribution in [0, 0.1) is 13.8 Å². The standard InChI is InChI=1S/C19H23N3O3/c1-4-25-18-10-15(6-8-17(18)23)11-21-22-19(24)12-20-16-7-5-13(2)9-14(16)3/h5-11,20,23H,4,12H2,1-3H3,(H,22,24). The minimum atomic E-state index is -0.250. The maximum atomic E-state index is 11.9. The third kappa shape index (κ3) is 5.53. The summed E-state index contributed by atoms with van der Waals surface area (Å²) in [6, 6.07) is 10.9. The number of phenols is 1. The predicted octanol–water partition coefficient (Wildman–Crippen LogP) is 2.97. The Bertz CT molecular complexity index is 773. The van der Waals surface area contributed by atoms with Crippen molar-refractivity contribution in [2.45, 2.75) is 20.8 Å². The van der Waals surface area contributed by atoms with Crippen molar-refractivity contribution >= 4 is 17.8 Å². The summed E-state index contributed by atoms with van der Waals surface area (Å²) in [5.74, 6) is 0.204. The van der Waals surface area contributed by atoms with E-state index in [1.165, 1.54) is 17.8 Å². The Hall–Kier alpha value is -3.02. The number of nitrogens with zero attached hydrogens (tertiary/aromatic N) is 1. The molecule has 0 aromatic heterocycles. The molecule has 0 aliphatic heterocycles. The zero-order chi connectivity index (χ0) is 18.2. The average Bonchev–Trinajstić information content (AvgIpc) is 2.57. The third-order valence-electron chi connectivity index (χ3n) is 3.51. The van der Waals surface area contributed by atoms with Crippen molar-refractivity contribution in [3.63, 3.8) is 0 Å². The van der Waals surface area contributed by atoms with Crippen LogP contribution in [-0.4, -0.2) is 30.4 Å². The second-order valence-electron chi connectivity index (χ2n) is 5.63. The van der Waals surface area contributed by atoms with Gasteiger partial charge in [-0.3, -0.25) is 4.79 Å². The van der Waals surface area contributed by atoms with Crippen LogP contribution in [0.1, 0.15) is 23.6 Å². The van der Waals surface area contributed by atoms with Gasteiger partial charge in [0.2, 0.25) is 0 Å². The highest BCUT2D eigenvalue weighted by Gasteiger charge is 2.04. The first-order chi connectivity index (χ1) is 12.0. The average molecular weight is 341 g/mol. The number of carbonyl (C=O) groups excluding carboxylic acids is 1. The quantitative estimate of drug-likeness (QED) is 0.534. The smallest absolute Gasteiger partial charge is 0.259 e. The molecule has 0 radical (unpaired) electrons. The number of aromatic hydroxyl groups is 1. The van der Waals surface area contributed by atoms with Crippen molar-refractivity contribution in [3.8, 4) is 11.5 Å². The second kappa shape index (κ2) is 8.73. The number of amides is 1. The molecule has 0 saturated heterocycles. The van der Waals surface area contributed by atoms with Gasteiger partial charge in [0.05, 0.1) is 19.4 Å². The molecule has 0 atom stereocenters. The van der Waals surface area contributed by atoms with Gasteiger partial charge in [0.25, 0.3) is 5.91 Å². The summed E-state index contributed by atoms with van der Waals surface area (Å²) in [7, 11) is 0. The van der Waals surface area contributed by atoms with Crippen LogP contribution < -0.4 is 15.5 Å². The van der Waals surface area contributed by atoms with E-state index >= 15 is 0 Å². The fraction of sp³-hybridized carbons (Fsp3) is 0.263. The lowest BCUT2D eigenvalue weighted by molar-refractivity contribution is -0.119. The van der Waals surface area contributed by atoms with Gasteiger partial charge in [-0.1, -0.05) is 17.7 Å². The van der Waals surface area contributed by atoms with E-state index in [1.807, 2.05) is 32.9 Å². The van der Waals surface area contributed by atoms with Crippen molar-refractivity contribution in [3.05, 3.63) is 53.1 Å². The van der Waals surface area contributed by atoms with Gasteiger partial charge in [-0.25, -0.2) is 5.43 Å². The highest BCUT2D eigenvalue weighted by Crippen LogP contribution is 2.26. The Morgan fingerprint density at radius 2 is 2.04 bits per heavy atom. The summed E-state index contributed by atoms with van der Waals surface area (Å²) in [6.45, 7) is 6.43. The van der Waals surface area contributed by atoms with Crippen LogP contribution in [0.25, 0.3) is 0 Å². The summed E-state index contributed by atoms with van der Waals surface area (Å²) < 4.78 is 5.30. The van der Waals surface area contributed by atoms with Crippen molar-refractivity contribution in [2.75, 3.05) is 18.5 Å². The van der Waals surface area contributed by atoms with Crippen LogP contribution in [0.5, 0.6) is 11.5 Å². The first-order valence-electron chi connectivity index (χ1n) is 8.08. The lowest BCUT2D eigenvalue weighted by atomic mass is 10.1. The lowest BCUT2D eigenvalue weighted by Gasteiger charge is -2.09. The third-order valence-corrected chi connectivity index (χ3v) is 3.51. The summed E-state index contributed by atoms with van der Waals surface area (Å²) in [5.41, 5.74) is 6.36. The molecule has 0 bridgehead atoms. The summed E-state index contributed by atoms with van der Waals surface area (Å²) in [5, 5.41) is 16.7. The first kappa shape index (κ1) is 18.3. The molecule has 0 heterocycles. The predicted molar refractivity (Wildman–Crippen MR) is 99.4 cm³/mol. The minimum absolute atomic E-state index is 0.0701.